The number of nitrogens with zero attached hydrogens (tertiary/aromatic N) is 1. The fourth-order valence-electron chi connectivity index (χ4n) is 0.908. The van der Waals surface area contributed by atoms with Gasteiger partial charge in [0.25, 0.3) is 0 Å². The molecule has 0 radical (unpaired) electrons. The van der Waals surface area contributed by atoms with E-state index in [-0.39, 0.29) is 5.76 Å². The first kappa shape index (κ1) is 11.1. The standard InChI is InChI=1S/C10H12N2O3/c1-10(2,3)15-9(13)12-7-4-5-14-8(7)6-11/h4-5H,1-3H3,(H,12,13). The van der Waals surface area contributed by atoms with Crippen LogP contribution in [0.2, 0.25) is 0 Å². The maximum Gasteiger partial charge on any atom is 0.412 e. The van der Waals surface area contributed by atoms with Crippen molar-refractivity contribution in [3.63, 3.8) is 0 Å². The lowest BCUT2D eigenvalue weighted by Crippen LogP contribution is -2.27. The summed E-state index contributed by atoms with van der Waals surface area (Å²) >= 11 is 0. The summed E-state index contributed by atoms with van der Waals surface area (Å²) in [6.07, 6.45) is 0.714. The Kier molecular flexibility index (Phi) is 3.00. The van der Waals surface area contributed by atoms with Crippen LogP contribution in [0.3, 0.4) is 0 Å². The van der Waals surface area contributed by atoms with E-state index in [9.17, 15) is 4.79 Å². The molecule has 0 saturated carbocycles. The van der Waals surface area contributed by atoms with E-state index in [1.807, 2.05) is 0 Å². The molecule has 1 N–H and O–H groups in total. The fraction of sp³-hybridized carbons (Fsp3) is 0.400. The Morgan fingerprint density at radius 1 is 1.60 bits per heavy atom. The minimum atomic E-state index is -0.611. The predicted molar refractivity (Wildman–Crippen MR) is 53.3 cm³/mol. The number of hydrogen-bond acceptors (Lipinski definition) is 4. The van der Waals surface area contributed by atoms with Crippen LogP contribution in [0.15, 0.2) is 16.7 Å². The Labute approximate surface area is 87.6 Å². The molecule has 1 aromatic heterocycles. The first-order chi connectivity index (χ1) is 6.92. The fourth-order valence-corrected chi connectivity index (χ4v) is 0.908. The predicted octanol–water partition coefficient (Wildman–Crippen LogP) is 2.50. The van der Waals surface area contributed by atoms with E-state index in [4.69, 9.17) is 14.4 Å². The van der Waals surface area contributed by atoms with Gasteiger partial charge in [0.1, 0.15) is 17.4 Å². The molecule has 0 spiro atoms. The van der Waals surface area contributed by atoms with Crippen LogP contribution in [-0.2, 0) is 4.74 Å². The van der Waals surface area contributed by atoms with Gasteiger partial charge in [0.15, 0.2) is 0 Å². The molecule has 1 aromatic rings. The third-order valence-electron chi connectivity index (χ3n) is 1.40. The molecule has 0 aliphatic heterocycles. The van der Waals surface area contributed by atoms with Gasteiger partial charge in [-0.05, 0) is 20.8 Å². The summed E-state index contributed by atoms with van der Waals surface area (Å²) in [4.78, 5) is 11.3. The van der Waals surface area contributed by atoms with Gasteiger partial charge >= 0.3 is 6.09 Å². The highest BCUT2D eigenvalue weighted by molar-refractivity contribution is 5.86. The highest BCUT2D eigenvalue weighted by atomic mass is 16.6. The molecule has 5 nitrogen and oxygen atoms in total. The van der Waals surface area contributed by atoms with Gasteiger partial charge in [-0.3, -0.25) is 5.32 Å². The van der Waals surface area contributed by atoms with Crippen LogP contribution in [0, 0.1) is 11.3 Å². The molecule has 0 aliphatic rings. The average Bonchev–Trinajstić information content (AvgIpc) is 2.48. The van der Waals surface area contributed by atoms with Gasteiger partial charge in [0.2, 0.25) is 5.76 Å². The Balaban J connectivity index is 2.64. The minimum absolute atomic E-state index is 0.0564. The molecule has 15 heavy (non-hydrogen) atoms. The Hall–Kier alpha value is -1.96. The molecular formula is C10H12N2O3. The number of carbonyl (C=O) groups excluding carboxylic acids is 1. The molecule has 0 saturated heterocycles. The number of anilines is 1. The van der Waals surface area contributed by atoms with Gasteiger partial charge in [0, 0.05) is 6.07 Å². The van der Waals surface area contributed by atoms with E-state index in [0.717, 1.165) is 0 Å². The molecule has 0 bridgehead atoms. The molecule has 1 amide bonds. The number of hydrogen-bond donors (Lipinski definition) is 1. The van der Waals surface area contributed by atoms with Crippen LogP contribution >= 0.6 is 0 Å². The van der Waals surface area contributed by atoms with Crippen molar-refractivity contribution in [2.45, 2.75) is 26.4 Å². The molecular weight excluding hydrogens is 196 g/mol. The van der Waals surface area contributed by atoms with Gasteiger partial charge in [-0.1, -0.05) is 0 Å². The van der Waals surface area contributed by atoms with Gasteiger partial charge < -0.3 is 9.15 Å². The lowest BCUT2D eigenvalue weighted by molar-refractivity contribution is 0.0635. The number of rotatable bonds is 1. The first-order valence-electron chi connectivity index (χ1n) is 4.40. The van der Waals surface area contributed by atoms with E-state index in [1.165, 1.54) is 12.3 Å². The van der Waals surface area contributed by atoms with Gasteiger partial charge in [0.05, 0.1) is 6.26 Å². The zero-order chi connectivity index (χ0) is 11.5. The molecule has 5 heteroatoms. The van der Waals surface area contributed by atoms with Crippen LogP contribution in [0.4, 0.5) is 10.5 Å². The summed E-state index contributed by atoms with van der Waals surface area (Å²) in [5.74, 6) is 0.0564. The topological polar surface area (TPSA) is 75.3 Å². The third-order valence-corrected chi connectivity index (χ3v) is 1.40. The molecule has 0 atom stereocenters. The highest BCUT2D eigenvalue weighted by Crippen LogP contribution is 2.16. The smallest absolute Gasteiger partial charge is 0.412 e. The van der Waals surface area contributed by atoms with Crippen molar-refractivity contribution in [2.75, 3.05) is 5.32 Å². The van der Waals surface area contributed by atoms with Crippen LogP contribution in [0.1, 0.15) is 26.5 Å². The van der Waals surface area contributed by atoms with E-state index >= 15 is 0 Å². The number of carbonyl (C=O) groups is 1. The molecule has 0 aliphatic carbocycles. The van der Waals surface area contributed by atoms with E-state index in [2.05, 4.69) is 5.32 Å². The maximum absolute atomic E-state index is 11.3. The minimum Gasteiger partial charge on any atom is -0.452 e. The van der Waals surface area contributed by atoms with Gasteiger partial charge in [-0.25, -0.2) is 4.79 Å². The highest BCUT2D eigenvalue weighted by Gasteiger charge is 2.17. The second-order valence-electron chi connectivity index (χ2n) is 3.90. The average molecular weight is 208 g/mol. The van der Waals surface area contributed by atoms with E-state index < -0.39 is 11.7 Å². The number of ether oxygens (including phenoxy) is 1. The number of furan rings is 1. The summed E-state index contributed by atoms with van der Waals surface area (Å²) in [5.41, 5.74) is -0.257. The van der Waals surface area contributed by atoms with Gasteiger partial charge in [-0.2, -0.15) is 5.26 Å². The zero-order valence-corrected chi connectivity index (χ0v) is 8.83. The summed E-state index contributed by atoms with van der Waals surface area (Å²) in [5, 5.41) is 11.0. The maximum atomic E-state index is 11.3. The lowest BCUT2D eigenvalue weighted by Gasteiger charge is -2.19. The van der Waals surface area contributed by atoms with Crippen molar-refractivity contribution in [1.29, 1.82) is 5.26 Å². The molecule has 1 rings (SSSR count). The van der Waals surface area contributed by atoms with Crippen LogP contribution in [-0.4, -0.2) is 11.7 Å². The van der Waals surface area contributed by atoms with Crippen molar-refractivity contribution < 1.29 is 13.9 Å². The summed E-state index contributed by atoms with van der Waals surface area (Å²) in [7, 11) is 0. The van der Waals surface area contributed by atoms with Crippen LogP contribution in [0.5, 0.6) is 0 Å². The van der Waals surface area contributed by atoms with Crippen molar-refractivity contribution in [3.8, 4) is 6.07 Å². The molecule has 0 unspecified atom stereocenters. The summed E-state index contributed by atoms with van der Waals surface area (Å²) < 4.78 is 9.82. The summed E-state index contributed by atoms with van der Waals surface area (Å²) in [6, 6.07) is 3.30. The van der Waals surface area contributed by atoms with Gasteiger partial charge in [-0.15, -0.1) is 0 Å². The summed E-state index contributed by atoms with van der Waals surface area (Å²) in [6.45, 7) is 5.27. The Morgan fingerprint density at radius 2 is 2.27 bits per heavy atom. The zero-order valence-electron chi connectivity index (χ0n) is 8.83. The van der Waals surface area contributed by atoms with Crippen molar-refractivity contribution in [1.82, 2.24) is 0 Å². The molecule has 0 aromatic carbocycles. The lowest BCUT2D eigenvalue weighted by atomic mass is 10.2. The number of nitrogens with one attached hydrogen (secondary N) is 1. The van der Waals surface area contributed by atoms with Crippen molar-refractivity contribution in [3.05, 3.63) is 18.1 Å². The molecule has 0 fully saturated rings. The normalized spacial score (nSPS) is 10.5. The van der Waals surface area contributed by atoms with Crippen molar-refractivity contribution in [2.24, 2.45) is 0 Å². The quantitative estimate of drug-likeness (QED) is 0.769. The molecule has 80 valence electrons. The Morgan fingerprint density at radius 3 is 2.80 bits per heavy atom. The van der Waals surface area contributed by atoms with Crippen LogP contribution in [0.25, 0.3) is 0 Å². The van der Waals surface area contributed by atoms with E-state index in [0.29, 0.717) is 5.69 Å². The largest absolute Gasteiger partial charge is 0.452 e. The second-order valence-corrected chi connectivity index (χ2v) is 3.90. The third kappa shape index (κ3) is 3.35. The SMILES string of the molecule is CC(C)(C)OC(=O)Nc1ccoc1C#N. The first-order valence-corrected chi connectivity index (χ1v) is 4.40. The monoisotopic (exact) mass is 208 g/mol. The van der Waals surface area contributed by atoms with Crippen molar-refractivity contribution >= 4 is 11.8 Å². The second kappa shape index (κ2) is 4.05. The van der Waals surface area contributed by atoms with Crippen LogP contribution < -0.4 is 5.32 Å². The Bertz CT molecular complexity index is 396. The number of amides is 1. The molecule has 1 heterocycles. The van der Waals surface area contributed by atoms with E-state index in [1.54, 1.807) is 26.8 Å². The number of nitriles is 1.